The van der Waals surface area contributed by atoms with Crippen LogP contribution in [0.15, 0.2) is 53.4 Å². The number of hydrogen-bond acceptors (Lipinski definition) is 4. The standard InChI is InChI=1S/C17H21NO4S/c1-13-8-4-5-9-14(13)16(22-3)12-18-23(19,20)17-11-7-6-10-15(17)21-2/h4-11,16,18H,12H2,1-3H3/t16-/m1/s1. The molecule has 124 valence electrons. The van der Waals surface area contributed by atoms with Gasteiger partial charge in [-0.15, -0.1) is 0 Å². The highest BCUT2D eigenvalue weighted by molar-refractivity contribution is 7.89. The molecule has 1 atom stereocenters. The quantitative estimate of drug-likeness (QED) is 0.845. The van der Waals surface area contributed by atoms with Crippen LogP contribution in [0.2, 0.25) is 0 Å². The number of ether oxygens (including phenoxy) is 2. The molecule has 6 heteroatoms. The minimum absolute atomic E-state index is 0.113. The highest BCUT2D eigenvalue weighted by Gasteiger charge is 2.21. The van der Waals surface area contributed by atoms with Gasteiger partial charge in [0.2, 0.25) is 10.0 Å². The monoisotopic (exact) mass is 335 g/mol. The van der Waals surface area contributed by atoms with Crippen molar-refractivity contribution in [3.05, 3.63) is 59.7 Å². The van der Waals surface area contributed by atoms with Gasteiger partial charge in [0, 0.05) is 13.7 Å². The van der Waals surface area contributed by atoms with Gasteiger partial charge in [0.05, 0.1) is 13.2 Å². The third kappa shape index (κ3) is 4.10. The van der Waals surface area contributed by atoms with Crippen LogP contribution in [-0.4, -0.2) is 29.2 Å². The minimum atomic E-state index is -3.68. The molecular formula is C17H21NO4S. The summed E-state index contributed by atoms with van der Waals surface area (Å²) in [5.74, 6) is 0.310. The summed E-state index contributed by atoms with van der Waals surface area (Å²) in [5, 5.41) is 0. The van der Waals surface area contributed by atoms with E-state index in [1.54, 1.807) is 25.3 Å². The summed E-state index contributed by atoms with van der Waals surface area (Å²) in [6.07, 6.45) is -0.360. The maximum absolute atomic E-state index is 12.5. The summed E-state index contributed by atoms with van der Waals surface area (Å²) >= 11 is 0. The van der Waals surface area contributed by atoms with Crippen molar-refractivity contribution in [2.24, 2.45) is 0 Å². The van der Waals surface area contributed by atoms with E-state index in [0.29, 0.717) is 5.75 Å². The molecule has 0 fully saturated rings. The van der Waals surface area contributed by atoms with Gasteiger partial charge in [-0.1, -0.05) is 36.4 Å². The first kappa shape index (κ1) is 17.5. The van der Waals surface area contributed by atoms with E-state index in [0.717, 1.165) is 11.1 Å². The van der Waals surface area contributed by atoms with Crippen LogP contribution in [0.1, 0.15) is 17.2 Å². The fourth-order valence-corrected chi connectivity index (χ4v) is 3.57. The Morgan fingerprint density at radius 1 is 1.04 bits per heavy atom. The highest BCUT2D eigenvalue weighted by Crippen LogP contribution is 2.24. The number of nitrogens with one attached hydrogen (secondary N) is 1. The van der Waals surface area contributed by atoms with E-state index in [1.165, 1.54) is 13.2 Å². The smallest absolute Gasteiger partial charge is 0.244 e. The third-order valence-corrected chi connectivity index (χ3v) is 5.10. The Kier molecular flexibility index (Phi) is 5.76. The molecule has 23 heavy (non-hydrogen) atoms. The van der Waals surface area contributed by atoms with Gasteiger partial charge in [-0.05, 0) is 30.2 Å². The van der Waals surface area contributed by atoms with Gasteiger partial charge in [-0.25, -0.2) is 13.1 Å². The zero-order chi connectivity index (χ0) is 16.9. The van der Waals surface area contributed by atoms with Crippen molar-refractivity contribution in [2.45, 2.75) is 17.9 Å². The van der Waals surface area contributed by atoms with Crippen LogP contribution in [0.3, 0.4) is 0 Å². The normalized spacial score (nSPS) is 12.8. The van der Waals surface area contributed by atoms with E-state index in [9.17, 15) is 8.42 Å². The minimum Gasteiger partial charge on any atom is -0.495 e. The predicted octanol–water partition coefficient (Wildman–Crippen LogP) is 2.67. The van der Waals surface area contributed by atoms with Crippen molar-refractivity contribution in [3.8, 4) is 5.75 Å². The molecule has 2 aromatic rings. The van der Waals surface area contributed by atoms with Crippen molar-refractivity contribution >= 4 is 10.0 Å². The summed E-state index contributed by atoms with van der Waals surface area (Å²) < 4.78 is 38.2. The maximum atomic E-state index is 12.5. The molecule has 0 aliphatic rings. The second-order valence-corrected chi connectivity index (χ2v) is 6.82. The summed E-state index contributed by atoms with van der Waals surface area (Å²) in [5.41, 5.74) is 2.01. The lowest BCUT2D eigenvalue weighted by Crippen LogP contribution is -2.29. The Morgan fingerprint density at radius 2 is 1.70 bits per heavy atom. The molecule has 1 N–H and O–H groups in total. The van der Waals surface area contributed by atoms with Gasteiger partial charge in [0.25, 0.3) is 0 Å². The van der Waals surface area contributed by atoms with Crippen LogP contribution in [0.4, 0.5) is 0 Å². The molecule has 5 nitrogen and oxygen atoms in total. The van der Waals surface area contributed by atoms with Gasteiger partial charge < -0.3 is 9.47 Å². The topological polar surface area (TPSA) is 64.6 Å². The van der Waals surface area contributed by atoms with Crippen molar-refractivity contribution in [2.75, 3.05) is 20.8 Å². The Balaban J connectivity index is 2.19. The molecule has 0 radical (unpaired) electrons. The number of methoxy groups -OCH3 is 2. The van der Waals surface area contributed by atoms with E-state index in [4.69, 9.17) is 9.47 Å². The lowest BCUT2D eigenvalue weighted by molar-refractivity contribution is 0.107. The predicted molar refractivity (Wildman–Crippen MR) is 89.1 cm³/mol. The molecule has 0 spiro atoms. The van der Waals surface area contributed by atoms with Crippen molar-refractivity contribution in [3.63, 3.8) is 0 Å². The van der Waals surface area contributed by atoms with Crippen LogP contribution in [0.25, 0.3) is 0 Å². The molecule has 0 bridgehead atoms. The number of benzene rings is 2. The van der Waals surface area contributed by atoms with Gasteiger partial charge >= 0.3 is 0 Å². The number of rotatable bonds is 7. The lowest BCUT2D eigenvalue weighted by atomic mass is 10.0. The zero-order valence-corrected chi connectivity index (χ0v) is 14.3. The maximum Gasteiger partial charge on any atom is 0.244 e. The van der Waals surface area contributed by atoms with E-state index >= 15 is 0 Å². The fraction of sp³-hybridized carbons (Fsp3) is 0.294. The summed E-state index contributed by atoms with van der Waals surface area (Å²) in [4.78, 5) is 0.113. The largest absolute Gasteiger partial charge is 0.495 e. The SMILES string of the molecule is COc1ccccc1S(=O)(=O)NC[C@@H](OC)c1ccccc1C. The highest BCUT2D eigenvalue weighted by atomic mass is 32.2. The van der Waals surface area contributed by atoms with Crippen molar-refractivity contribution < 1.29 is 17.9 Å². The molecule has 0 unspecified atom stereocenters. The summed E-state index contributed by atoms with van der Waals surface area (Å²) in [6.45, 7) is 2.11. The van der Waals surface area contributed by atoms with Gasteiger partial charge in [0.1, 0.15) is 10.6 Å². The Labute approximate surface area is 137 Å². The summed E-state index contributed by atoms with van der Waals surface area (Å²) in [7, 11) is -0.676. The van der Waals surface area contributed by atoms with E-state index in [2.05, 4.69) is 4.72 Å². The van der Waals surface area contributed by atoms with Crippen LogP contribution < -0.4 is 9.46 Å². The van der Waals surface area contributed by atoms with E-state index < -0.39 is 10.0 Å². The zero-order valence-electron chi connectivity index (χ0n) is 13.4. The van der Waals surface area contributed by atoms with Gasteiger partial charge in [0.15, 0.2) is 0 Å². The molecule has 0 aliphatic carbocycles. The fourth-order valence-electron chi connectivity index (χ4n) is 2.37. The van der Waals surface area contributed by atoms with Gasteiger partial charge in [-0.2, -0.15) is 0 Å². The average Bonchev–Trinajstić information content (AvgIpc) is 2.56. The Morgan fingerprint density at radius 3 is 2.35 bits per heavy atom. The van der Waals surface area contributed by atoms with E-state index in [1.807, 2.05) is 31.2 Å². The van der Waals surface area contributed by atoms with Crippen LogP contribution in [0.5, 0.6) is 5.75 Å². The molecule has 0 aromatic heterocycles. The van der Waals surface area contributed by atoms with Crippen LogP contribution in [0, 0.1) is 6.92 Å². The molecule has 0 saturated carbocycles. The number of sulfonamides is 1. The first-order valence-corrected chi connectivity index (χ1v) is 8.69. The second-order valence-electron chi connectivity index (χ2n) is 5.08. The Bertz CT molecular complexity index is 759. The van der Waals surface area contributed by atoms with E-state index in [-0.39, 0.29) is 17.5 Å². The molecule has 0 saturated heterocycles. The number of aryl methyl sites for hydroxylation is 1. The first-order valence-electron chi connectivity index (χ1n) is 7.20. The molecule has 0 heterocycles. The lowest BCUT2D eigenvalue weighted by Gasteiger charge is -2.19. The molecule has 2 aromatic carbocycles. The van der Waals surface area contributed by atoms with Gasteiger partial charge in [-0.3, -0.25) is 0 Å². The molecule has 2 rings (SSSR count). The van der Waals surface area contributed by atoms with Crippen LogP contribution >= 0.6 is 0 Å². The number of hydrogen-bond donors (Lipinski definition) is 1. The molecule has 0 aliphatic heterocycles. The summed E-state index contributed by atoms with van der Waals surface area (Å²) in [6, 6.07) is 14.3. The van der Waals surface area contributed by atoms with Crippen LogP contribution in [-0.2, 0) is 14.8 Å². The first-order chi connectivity index (χ1) is 11.0. The average molecular weight is 335 g/mol. The number of para-hydroxylation sites is 1. The van der Waals surface area contributed by atoms with Crippen molar-refractivity contribution in [1.29, 1.82) is 0 Å². The molecular weight excluding hydrogens is 314 g/mol. The van der Waals surface area contributed by atoms with Crippen molar-refractivity contribution in [1.82, 2.24) is 4.72 Å². The second kappa shape index (κ2) is 7.59. The molecule has 0 amide bonds. The third-order valence-electron chi connectivity index (χ3n) is 3.64. The Hall–Kier alpha value is -1.89.